The molecule has 2 atom stereocenters. The van der Waals surface area contributed by atoms with Gasteiger partial charge in [0.15, 0.2) is 0 Å². The molecule has 5 rings (SSSR count). The van der Waals surface area contributed by atoms with Crippen molar-refractivity contribution >= 4 is 11.6 Å². The Balaban J connectivity index is 1.62. The Morgan fingerprint density at radius 2 is 2.12 bits per heavy atom. The minimum Gasteiger partial charge on any atom is -0.425 e. The third-order valence-electron chi connectivity index (χ3n) is 6.00. The number of hydrogen-bond acceptors (Lipinski definition) is 7. The van der Waals surface area contributed by atoms with E-state index in [0.717, 1.165) is 42.5 Å². The van der Waals surface area contributed by atoms with Crippen LogP contribution < -0.4 is 4.90 Å². The van der Waals surface area contributed by atoms with Crippen molar-refractivity contribution < 1.29 is 4.42 Å². The summed E-state index contributed by atoms with van der Waals surface area (Å²) < 4.78 is 7.74. The zero-order valence-electron chi connectivity index (χ0n) is 14.7. The SMILES string of the molecule is Cc1nnc([C@]23CCC[C@H]2CN(c2c(C)c(C)nc4ncnn24)C3)o1. The topological polar surface area (TPSA) is 85.2 Å². The van der Waals surface area contributed by atoms with Gasteiger partial charge >= 0.3 is 0 Å². The van der Waals surface area contributed by atoms with Crippen LogP contribution in [0.25, 0.3) is 5.78 Å². The average Bonchev–Trinajstić information content (AvgIpc) is 3.30. The molecule has 25 heavy (non-hydrogen) atoms. The van der Waals surface area contributed by atoms with E-state index < -0.39 is 0 Å². The standard InChI is InChI=1S/C17H21N7O/c1-10-11(2)20-16-18-9-19-24(16)14(10)23-7-13-5-4-6-17(13,8-23)15-22-21-12(3)25-15/h9,13H,4-8H2,1-3H3/t13-,17-/m0/s1. The van der Waals surface area contributed by atoms with Crippen molar-refractivity contribution in [2.45, 2.75) is 45.4 Å². The fourth-order valence-electron chi connectivity index (χ4n) is 4.68. The Morgan fingerprint density at radius 1 is 1.24 bits per heavy atom. The fraction of sp³-hybridized carbons (Fsp3) is 0.588. The first-order valence-electron chi connectivity index (χ1n) is 8.81. The van der Waals surface area contributed by atoms with Crippen molar-refractivity contribution in [3.05, 3.63) is 29.4 Å². The lowest BCUT2D eigenvalue weighted by molar-refractivity contribution is 0.299. The van der Waals surface area contributed by atoms with Gasteiger partial charge in [0.1, 0.15) is 12.1 Å². The molecule has 2 fully saturated rings. The van der Waals surface area contributed by atoms with Gasteiger partial charge in [-0.05, 0) is 32.6 Å². The van der Waals surface area contributed by atoms with E-state index >= 15 is 0 Å². The van der Waals surface area contributed by atoms with E-state index in [1.165, 1.54) is 12.8 Å². The quantitative estimate of drug-likeness (QED) is 0.706. The lowest BCUT2D eigenvalue weighted by atomic mass is 9.80. The molecule has 1 aliphatic carbocycles. The van der Waals surface area contributed by atoms with Crippen LogP contribution in [0, 0.1) is 26.7 Å². The smallest absolute Gasteiger partial charge is 0.254 e. The third kappa shape index (κ3) is 1.96. The number of fused-ring (bicyclic) bond motifs is 2. The van der Waals surface area contributed by atoms with Gasteiger partial charge in [-0.3, -0.25) is 0 Å². The molecule has 0 spiro atoms. The number of anilines is 1. The minimum absolute atomic E-state index is 0.0439. The highest BCUT2D eigenvalue weighted by atomic mass is 16.4. The van der Waals surface area contributed by atoms with Gasteiger partial charge in [-0.1, -0.05) is 6.42 Å². The van der Waals surface area contributed by atoms with Gasteiger partial charge in [-0.15, -0.1) is 10.2 Å². The van der Waals surface area contributed by atoms with Crippen LogP contribution >= 0.6 is 0 Å². The molecular formula is C17H21N7O. The Bertz CT molecular complexity index is 961. The third-order valence-corrected chi connectivity index (χ3v) is 6.00. The Labute approximate surface area is 145 Å². The van der Waals surface area contributed by atoms with Crippen molar-refractivity contribution in [1.82, 2.24) is 29.8 Å². The second-order valence-electron chi connectivity index (χ2n) is 7.37. The van der Waals surface area contributed by atoms with Crippen molar-refractivity contribution in [2.24, 2.45) is 5.92 Å². The first-order valence-corrected chi connectivity index (χ1v) is 8.81. The molecule has 8 nitrogen and oxygen atoms in total. The number of aryl methyl sites for hydroxylation is 2. The molecule has 0 N–H and O–H groups in total. The van der Waals surface area contributed by atoms with E-state index in [9.17, 15) is 0 Å². The van der Waals surface area contributed by atoms with E-state index in [0.29, 0.717) is 17.6 Å². The summed E-state index contributed by atoms with van der Waals surface area (Å²) in [5, 5.41) is 12.9. The summed E-state index contributed by atoms with van der Waals surface area (Å²) in [5.74, 6) is 3.71. The van der Waals surface area contributed by atoms with Gasteiger partial charge in [-0.25, -0.2) is 4.98 Å². The average molecular weight is 339 g/mol. The molecule has 0 amide bonds. The number of nitrogens with zero attached hydrogens (tertiary/aromatic N) is 7. The summed E-state index contributed by atoms with van der Waals surface area (Å²) in [6.07, 6.45) is 5.08. The van der Waals surface area contributed by atoms with Crippen LogP contribution in [0.2, 0.25) is 0 Å². The monoisotopic (exact) mass is 339 g/mol. The highest BCUT2D eigenvalue weighted by Crippen LogP contribution is 2.51. The Morgan fingerprint density at radius 3 is 2.92 bits per heavy atom. The molecule has 1 saturated heterocycles. The second-order valence-corrected chi connectivity index (χ2v) is 7.37. The van der Waals surface area contributed by atoms with E-state index in [1.807, 2.05) is 18.4 Å². The summed E-state index contributed by atoms with van der Waals surface area (Å²) in [7, 11) is 0. The Kier molecular flexibility index (Phi) is 2.96. The van der Waals surface area contributed by atoms with Crippen molar-refractivity contribution in [2.75, 3.05) is 18.0 Å². The molecule has 0 bridgehead atoms. The maximum Gasteiger partial charge on any atom is 0.254 e. The second kappa shape index (κ2) is 5.00. The number of rotatable bonds is 2. The zero-order valence-corrected chi connectivity index (χ0v) is 14.7. The van der Waals surface area contributed by atoms with Crippen LogP contribution in [-0.4, -0.2) is 42.9 Å². The molecule has 0 aromatic carbocycles. The minimum atomic E-state index is -0.0439. The zero-order chi connectivity index (χ0) is 17.2. The molecular weight excluding hydrogens is 318 g/mol. The lowest BCUT2D eigenvalue weighted by Crippen LogP contribution is -2.33. The molecule has 0 radical (unpaired) electrons. The highest BCUT2D eigenvalue weighted by molar-refractivity contribution is 5.55. The van der Waals surface area contributed by atoms with Gasteiger partial charge in [-0.2, -0.15) is 14.6 Å². The first kappa shape index (κ1) is 14.8. The van der Waals surface area contributed by atoms with Crippen LogP contribution in [0.15, 0.2) is 10.7 Å². The fourth-order valence-corrected chi connectivity index (χ4v) is 4.68. The first-order chi connectivity index (χ1) is 12.1. The van der Waals surface area contributed by atoms with E-state index in [1.54, 1.807) is 6.33 Å². The van der Waals surface area contributed by atoms with E-state index in [4.69, 9.17) is 4.42 Å². The van der Waals surface area contributed by atoms with Crippen LogP contribution in [0.5, 0.6) is 0 Å². The highest BCUT2D eigenvalue weighted by Gasteiger charge is 2.54. The van der Waals surface area contributed by atoms with E-state index in [2.05, 4.69) is 37.1 Å². The summed E-state index contributed by atoms with van der Waals surface area (Å²) in [4.78, 5) is 11.2. The van der Waals surface area contributed by atoms with Crippen LogP contribution in [-0.2, 0) is 5.41 Å². The van der Waals surface area contributed by atoms with Crippen LogP contribution in [0.3, 0.4) is 0 Å². The molecule has 3 aromatic rings. The molecule has 8 heteroatoms. The normalized spacial score (nSPS) is 25.9. The van der Waals surface area contributed by atoms with Gasteiger partial charge in [0.05, 0.1) is 5.41 Å². The van der Waals surface area contributed by atoms with Crippen LogP contribution in [0.1, 0.15) is 42.3 Å². The Hall–Kier alpha value is -2.51. The molecule has 1 aliphatic heterocycles. The van der Waals surface area contributed by atoms with Gasteiger partial charge in [0.2, 0.25) is 11.8 Å². The van der Waals surface area contributed by atoms with Crippen molar-refractivity contribution in [3.8, 4) is 0 Å². The summed E-state index contributed by atoms with van der Waals surface area (Å²) in [6.45, 7) is 7.84. The molecule has 3 aromatic heterocycles. The van der Waals surface area contributed by atoms with Crippen LogP contribution in [0.4, 0.5) is 5.82 Å². The summed E-state index contributed by atoms with van der Waals surface area (Å²) in [5.41, 5.74) is 2.10. The van der Waals surface area contributed by atoms with Crippen molar-refractivity contribution in [3.63, 3.8) is 0 Å². The molecule has 0 unspecified atom stereocenters. The van der Waals surface area contributed by atoms with Gasteiger partial charge in [0, 0.05) is 31.3 Å². The molecule has 1 saturated carbocycles. The summed E-state index contributed by atoms with van der Waals surface area (Å²) >= 11 is 0. The van der Waals surface area contributed by atoms with E-state index in [-0.39, 0.29) is 5.41 Å². The number of aromatic nitrogens is 6. The van der Waals surface area contributed by atoms with Crippen molar-refractivity contribution in [1.29, 1.82) is 0 Å². The maximum atomic E-state index is 5.89. The molecule has 4 heterocycles. The number of hydrogen-bond donors (Lipinski definition) is 0. The maximum absolute atomic E-state index is 5.89. The largest absolute Gasteiger partial charge is 0.425 e. The van der Waals surface area contributed by atoms with Gasteiger partial charge < -0.3 is 9.32 Å². The lowest BCUT2D eigenvalue weighted by Gasteiger charge is -2.26. The molecule has 130 valence electrons. The predicted octanol–water partition coefficient (Wildman–Crippen LogP) is 1.99. The summed E-state index contributed by atoms with van der Waals surface area (Å²) in [6, 6.07) is 0. The molecule has 2 aliphatic rings. The van der Waals surface area contributed by atoms with Gasteiger partial charge in [0.25, 0.3) is 5.78 Å². The predicted molar refractivity (Wildman–Crippen MR) is 90.5 cm³/mol.